The Balaban J connectivity index is 1.07. The van der Waals surface area contributed by atoms with Gasteiger partial charge in [-0.1, -0.05) is 200 Å². The van der Waals surface area contributed by atoms with Crippen molar-refractivity contribution in [2.24, 2.45) is 0 Å². The second-order valence-corrected chi connectivity index (χ2v) is 16.3. The third-order valence-electron chi connectivity index (χ3n) is 13.1. The van der Waals surface area contributed by atoms with Gasteiger partial charge in [0.1, 0.15) is 0 Å². The van der Waals surface area contributed by atoms with Gasteiger partial charge in [0.2, 0.25) is 5.95 Å². The molecular weight excluding hydrogens is 753 g/mol. The van der Waals surface area contributed by atoms with E-state index in [1.807, 2.05) is 24.3 Å². The van der Waals surface area contributed by atoms with Gasteiger partial charge in [0, 0.05) is 21.9 Å². The fourth-order valence-corrected chi connectivity index (χ4v) is 10.5. The highest BCUT2D eigenvalue weighted by Crippen LogP contribution is 2.64. The molecule has 0 aliphatic heterocycles. The molecular formula is C58H36N4. The standard InChI is InChI=1S/C58H36N4/c1-3-17-37(18-4-1)39-21-15-22-41(35-39)56-59-55(38-19-5-2-6-20-38)60-57(61-56)62-52-32-14-10-26-46(52)47-34-33-40(36-53(47)62)42-27-16-28-48-45-25-9-13-31-51(45)58(54(42)48)49-29-11-7-23-43(49)44-24-8-12-30-50(44)58/h1-36H. The summed E-state index contributed by atoms with van der Waals surface area (Å²) in [5, 5.41) is 2.28. The summed E-state index contributed by atoms with van der Waals surface area (Å²) in [5.74, 6) is 1.81. The zero-order chi connectivity index (χ0) is 40.8. The Morgan fingerprint density at radius 3 is 1.52 bits per heavy atom. The quantitative estimate of drug-likeness (QED) is 0.174. The number of para-hydroxylation sites is 1. The van der Waals surface area contributed by atoms with Crippen LogP contribution in [-0.2, 0) is 5.41 Å². The summed E-state index contributed by atoms with van der Waals surface area (Å²) in [6.45, 7) is 0. The number of nitrogens with zero attached hydrogens (tertiary/aromatic N) is 4. The number of rotatable bonds is 5. The predicted molar refractivity (Wildman–Crippen MR) is 252 cm³/mol. The molecule has 0 N–H and O–H groups in total. The predicted octanol–water partition coefficient (Wildman–Crippen LogP) is 14.0. The van der Waals surface area contributed by atoms with E-state index in [0.717, 1.165) is 49.6 Å². The van der Waals surface area contributed by atoms with E-state index in [4.69, 9.17) is 15.0 Å². The summed E-state index contributed by atoms with van der Waals surface area (Å²) in [7, 11) is 0. The summed E-state index contributed by atoms with van der Waals surface area (Å²) in [6, 6.07) is 78.6. The van der Waals surface area contributed by atoms with Crippen molar-refractivity contribution >= 4 is 21.8 Å². The molecule has 13 rings (SSSR count). The molecule has 0 saturated carbocycles. The van der Waals surface area contributed by atoms with Gasteiger partial charge in [-0.2, -0.15) is 9.97 Å². The molecule has 4 heteroatoms. The van der Waals surface area contributed by atoms with Crippen LogP contribution in [0.2, 0.25) is 0 Å². The molecule has 2 aliphatic carbocycles. The van der Waals surface area contributed by atoms with Crippen LogP contribution in [0.4, 0.5) is 0 Å². The Labute approximate surface area is 359 Å². The first-order valence-electron chi connectivity index (χ1n) is 21.2. The molecule has 0 radical (unpaired) electrons. The summed E-state index contributed by atoms with van der Waals surface area (Å²) in [6.07, 6.45) is 0. The van der Waals surface area contributed by atoms with Crippen LogP contribution in [0, 0.1) is 0 Å². The molecule has 2 aliphatic rings. The molecule has 288 valence electrons. The second kappa shape index (κ2) is 13.4. The highest BCUT2D eigenvalue weighted by Gasteiger charge is 2.52. The lowest BCUT2D eigenvalue weighted by Gasteiger charge is -2.32. The van der Waals surface area contributed by atoms with Gasteiger partial charge in [-0.15, -0.1) is 0 Å². The lowest BCUT2D eigenvalue weighted by atomic mass is 9.68. The molecule has 0 fully saturated rings. The Kier molecular flexibility index (Phi) is 7.49. The lowest BCUT2D eigenvalue weighted by molar-refractivity contribution is 0.796. The summed E-state index contributed by atoms with van der Waals surface area (Å²) in [5.41, 5.74) is 18.5. The van der Waals surface area contributed by atoms with E-state index in [0.29, 0.717) is 17.6 Å². The normalized spacial score (nSPS) is 13.0. The molecule has 2 aromatic heterocycles. The highest BCUT2D eigenvalue weighted by molar-refractivity contribution is 6.10. The smallest absolute Gasteiger partial charge is 0.238 e. The van der Waals surface area contributed by atoms with Gasteiger partial charge in [-0.25, -0.2) is 4.98 Å². The Hall–Kier alpha value is -8.21. The van der Waals surface area contributed by atoms with E-state index in [1.165, 1.54) is 50.1 Å². The topological polar surface area (TPSA) is 43.6 Å². The van der Waals surface area contributed by atoms with Crippen molar-refractivity contribution in [3.8, 4) is 73.2 Å². The molecule has 1 spiro atoms. The minimum Gasteiger partial charge on any atom is -0.278 e. The molecule has 0 bridgehead atoms. The number of aromatic nitrogens is 4. The zero-order valence-corrected chi connectivity index (χ0v) is 33.6. The van der Waals surface area contributed by atoms with Gasteiger partial charge in [-0.3, -0.25) is 4.57 Å². The number of fused-ring (bicyclic) bond motifs is 13. The first-order valence-corrected chi connectivity index (χ1v) is 21.2. The van der Waals surface area contributed by atoms with E-state index in [1.54, 1.807) is 0 Å². The van der Waals surface area contributed by atoms with E-state index < -0.39 is 5.41 Å². The number of hydrogen-bond acceptors (Lipinski definition) is 3. The third kappa shape index (κ3) is 4.92. The van der Waals surface area contributed by atoms with E-state index in [9.17, 15) is 0 Å². The van der Waals surface area contributed by atoms with Crippen LogP contribution in [0.25, 0.3) is 95.0 Å². The van der Waals surface area contributed by atoms with Crippen molar-refractivity contribution < 1.29 is 0 Å². The van der Waals surface area contributed by atoms with Gasteiger partial charge >= 0.3 is 0 Å². The number of benzene rings is 9. The van der Waals surface area contributed by atoms with Crippen LogP contribution >= 0.6 is 0 Å². The lowest BCUT2D eigenvalue weighted by Crippen LogP contribution is -2.26. The SMILES string of the molecule is c1ccc(-c2cccc(-c3nc(-c4ccccc4)nc(-n4c5ccccc5c5ccc(-c6cccc7c6C6(c8ccccc8-c8ccccc86)c6ccccc6-7)cc54)n3)c2)cc1. The monoisotopic (exact) mass is 788 g/mol. The first-order chi connectivity index (χ1) is 30.8. The maximum Gasteiger partial charge on any atom is 0.238 e. The molecule has 0 unspecified atom stereocenters. The fraction of sp³-hybridized carbons (Fsp3) is 0.0172. The summed E-state index contributed by atoms with van der Waals surface area (Å²) in [4.78, 5) is 15.8. The van der Waals surface area contributed by atoms with E-state index in [2.05, 4.69) is 199 Å². The van der Waals surface area contributed by atoms with Crippen molar-refractivity contribution in [1.82, 2.24) is 19.5 Å². The molecule has 2 heterocycles. The van der Waals surface area contributed by atoms with Crippen LogP contribution < -0.4 is 0 Å². The maximum absolute atomic E-state index is 5.34. The largest absolute Gasteiger partial charge is 0.278 e. The van der Waals surface area contributed by atoms with Crippen LogP contribution in [0.3, 0.4) is 0 Å². The van der Waals surface area contributed by atoms with E-state index in [-0.39, 0.29) is 0 Å². The van der Waals surface area contributed by atoms with Gasteiger partial charge in [0.05, 0.1) is 16.4 Å². The summed E-state index contributed by atoms with van der Waals surface area (Å²) >= 11 is 0. The molecule has 0 amide bonds. The fourth-order valence-electron chi connectivity index (χ4n) is 10.5. The van der Waals surface area contributed by atoms with Gasteiger partial charge in [0.15, 0.2) is 11.6 Å². The Morgan fingerprint density at radius 1 is 0.306 bits per heavy atom. The van der Waals surface area contributed by atoms with Crippen molar-refractivity contribution in [1.29, 1.82) is 0 Å². The van der Waals surface area contributed by atoms with Crippen LogP contribution in [0.5, 0.6) is 0 Å². The van der Waals surface area contributed by atoms with Crippen LogP contribution in [-0.4, -0.2) is 19.5 Å². The van der Waals surface area contributed by atoms with Gasteiger partial charge in [-0.05, 0) is 85.0 Å². The third-order valence-corrected chi connectivity index (χ3v) is 13.1. The average molecular weight is 789 g/mol. The zero-order valence-electron chi connectivity index (χ0n) is 33.6. The molecule has 0 saturated heterocycles. The van der Waals surface area contributed by atoms with Crippen molar-refractivity contribution in [3.05, 3.63) is 241 Å². The van der Waals surface area contributed by atoms with E-state index >= 15 is 0 Å². The minimum absolute atomic E-state index is 0.473. The molecule has 0 atom stereocenters. The highest BCUT2D eigenvalue weighted by atomic mass is 15.2. The average Bonchev–Trinajstić information content (AvgIpc) is 3.96. The number of hydrogen-bond donors (Lipinski definition) is 0. The molecule has 9 aromatic carbocycles. The molecule has 4 nitrogen and oxygen atoms in total. The maximum atomic E-state index is 5.34. The molecule has 62 heavy (non-hydrogen) atoms. The second-order valence-electron chi connectivity index (χ2n) is 16.3. The first kappa shape index (κ1) is 34.6. The van der Waals surface area contributed by atoms with Crippen LogP contribution in [0.15, 0.2) is 218 Å². The van der Waals surface area contributed by atoms with Gasteiger partial charge in [0.25, 0.3) is 0 Å². The van der Waals surface area contributed by atoms with Crippen molar-refractivity contribution in [3.63, 3.8) is 0 Å². The van der Waals surface area contributed by atoms with Crippen LogP contribution in [0.1, 0.15) is 22.3 Å². The Bertz CT molecular complexity index is 3520. The Morgan fingerprint density at radius 2 is 0.806 bits per heavy atom. The van der Waals surface area contributed by atoms with Gasteiger partial charge < -0.3 is 0 Å². The summed E-state index contributed by atoms with van der Waals surface area (Å²) < 4.78 is 2.24. The molecule has 11 aromatic rings. The van der Waals surface area contributed by atoms with Crippen molar-refractivity contribution in [2.45, 2.75) is 5.41 Å². The minimum atomic E-state index is -0.473. The van der Waals surface area contributed by atoms with Crippen molar-refractivity contribution in [2.75, 3.05) is 0 Å².